The van der Waals surface area contributed by atoms with E-state index in [1.54, 1.807) is 12.3 Å². The molecule has 1 radical (unpaired) electrons. The Bertz CT molecular complexity index is 322. The standard InChI is InChI=1S/C9H8FNO/c10-8-2-1-7-6-11-3-4-12-9(7)5-8/h1-2,5-6H,3-4H2/q+1. The second kappa shape index (κ2) is 2.93. The fraction of sp³-hybridized carbons (Fsp3) is 0.222. The van der Waals surface area contributed by atoms with E-state index in [0.29, 0.717) is 18.9 Å². The largest absolute Gasteiger partial charge is 0.486 e. The molecule has 0 aromatic heterocycles. The maximum absolute atomic E-state index is 12.7. The molecule has 2 rings (SSSR count). The van der Waals surface area contributed by atoms with Crippen molar-refractivity contribution in [2.45, 2.75) is 0 Å². The van der Waals surface area contributed by atoms with Crippen LogP contribution in [0.5, 0.6) is 5.75 Å². The van der Waals surface area contributed by atoms with Crippen LogP contribution in [-0.2, 0) is 0 Å². The fourth-order valence-corrected chi connectivity index (χ4v) is 1.11. The molecule has 2 nitrogen and oxygen atoms in total. The van der Waals surface area contributed by atoms with E-state index in [-0.39, 0.29) is 5.82 Å². The molecule has 0 saturated carbocycles. The van der Waals surface area contributed by atoms with Gasteiger partial charge in [-0.1, -0.05) is 0 Å². The molecule has 0 unspecified atom stereocenters. The molecule has 0 aliphatic carbocycles. The minimum absolute atomic E-state index is 0.274. The van der Waals surface area contributed by atoms with Gasteiger partial charge in [0.25, 0.3) is 0 Å². The Balaban J connectivity index is 2.46. The summed E-state index contributed by atoms with van der Waals surface area (Å²) in [4.78, 5) is 4.07. The van der Waals surface area contributed by atoms with Crippen molar-refractivity contribution >= 4 is 6.21 Å². The van der Waals surface area contributed by atoms with Crippen molar-refractivity contribution in [3.05, 3.63) is 29.6 Å². The number of rotatable bonds is 0. The Hall–Kier alpha value is -1.38. The zero-order chi connectivity index (χ0) is 8.39. The molecule has 0 saturated heterocycles. The molecular formula is C9H8FNO+. The summed E-state index contributed by atoms with van der Waals surface area (Å²) < 4.78 is 18.0. The quantitative estimate of drug-likeness (QED) is 0.562. The van der Waals surface area contributed by atoms with Gasteiger partial charge in [-0.3, -0.25) is 0 Å². The summed E-state index contributed by atoms with van der Waals surface area (Å²) in [5.74, 6) is 0.306. The highest BCUT2D eigenvalue weighted by Crippen LogP contribution is 2.18. The summed E-state index contributed by atoms with van der Waals surface area (Å²) >= 11 is 0. The zero-order valence-electron chi connectivity index (χ0n) is 6.46. The van der Waals surface area contributed by atoms with Crippen LogP contribution in [0, 0.1) is 5.82 Å². The lowest BCUT2D eigenvalue weighted by molar-refractivity contribution is 0.325. The van der Waals surface area contributed by atoms with Crippen molar-refractivity contribution in [3.63, 3.8) is 0 Å². The van der Waals surface area contributed by atoms with Crippen molar-refractivity contribution in [2.75, 3.05) is 13.2 Å². The predicted octanol–water partition coefficient (Wildman–Crippen LogP) is 0.973. The summed E-state index contributed by atoms with van der Waals surface area (Å²) in [7, 11) is 0. The summed E-state index contributed by atoms with van der Waals surface area (Å²) in [5, 5.41) is 0. The van der Waals surface area contributed by atoms with Crippen LogP contribution < -0.4 is 9.73 Å². The van der Waals surface area contributed by atoms with E-state index in [9.17, 15) is 4.39 Å². The Morgan fingerprint density at radius 2 is 2.33 bits per heavy atom. The second-order valence-corrected chi connectivity index (χ2v) is 2.57. The maximum atomic E-state index is 12.7. The van der Waals surface area contributed by atoms with Gasteiger partial charge >= 0.3 is 0 Å². The van der Waals surface area contributed by atoms with Gasteiger partial charge < -0.3 is 4.74 Å². The van der Waals surface area contributed by atoms with E-state index in [4.69, 9.17) is 4.74 Å². The van der Waals surface area contributed by atoms with Crippen LogP contribution in [0.1, 0.15) is 5.56 Å². The van der Waals surface area contributed by atoms with Crippen LogP contribution in [0.15, 0.2) is 18.2 Å². The monoisotopic (exact) mass is 165 g/mol. The molecule has 0 amide bonds. The number of hydrogen-bond acceptors (Lipinski definition) is 2. The number of ether oxygens (including phenoxy) is 1. The smallest absolute Gasteiger partial charge is 0.245 e. The lowest BCUT2D eigenvalue weighted by Crippen LogP contribution is -2.03. The minimum Gasteiger partial charge on any atom is -0.486 e. The van der Waals surface area contributed by atoms with E-state index >= 15 is 0 Å². The van der Waals surface area contributed by atoms with Gasteiger partial charge in [-0.25, -0.2) is 4.39 Å². The number of benzene rings is 1. The topological polar surface area (TPSA) is 23.3 Å². The van der Waals surface area contributed by atoms with Gasteiger partial charge in [-0.2, -0.15) is 0 Å². The highest BCUT2D eigenvalue weighted by molar-refractivity contribution is 5.82. The molecule has 12 heavy (non-hydrogen) atoms. The van der Waals surface area contributed by atoms with Crippen LogP contribution in [0.2, 0.25) is 0 Å². The average Bonchev–Trinajstić information content (AvgIpc) is 2.28. The first-order valence-corrected chi connectivity index (χ1v) is 3.78. The van der Waals surface area contributed by atoms with E-state index in [1.165, 1.54) is 12.1 Å². The lowest BCUT2D eigenvalue weighted by atomic mass is 10.2. The third-order valence-electron chi connectivity index (χ3n) is 1.68. The van der Waals surface area contributed by atoms with Gasteiger partial charge in [0.15, 0.2) is 6.61 Å². The number of aliphatic imine (C=N–C) groups is 1. The summed E-state index contributed by atoms with van der Waals surface area (Å²) in [6, 6.07) is 4.45. The molecule has 0 bridgehead atoms. The molecule has 3 heteroatoms. The maximum Gasteiger partial charge on any atom is 0.245 e. The lowest BCUT2D eigenvalue weighted by Gasteiger charge is -2.01. The van der Waals surface area contributed by atoms with Crippen LogP contribution in [-0.4, -0.2) is 19.4 Å². The van der Waals surface area contributed by atoms with Crippen LogP contribution in [0.25, 0.3) is 0 Å². The molecule has 1 aromatic rings. The number of halogens is 1. The Kier molecular flexibility index (Phi) is 1.78. The number of hydrogen-bond donors (Lipinski definition) is 0. The average molecular weight is 165 g/mol. The minimum atomic E-state index is -0.274. The summed E-state index contributed by atoms with van der Waals surface area (Å²) in [5.41, 5.74) is 0.842. The molecule has 1 aliphatic heterocycles. The van der Waals surface area contributed by atoms with Crippen molar-refractivity contribution in [1.82, 2.24) is 4.99 Å². The van der Waals surface area contributed by atoms with Crippen LogP contribution in [0.3, 0.4) is 0 Å². The molecule has 0 spiro atoms. The zero-order valence-corrected chi connectivity index (χ0v) is 6.46. The predicted molar refractivity (Wildman–Crippen MR) is 44.1 cm³/mol. The Labute approximate surface area is 69.7 Å². The van der Waals surface area contributed by atoms with Gasteiger partial charge in [-0.15, -0.1) is 0 Å². The molecule has 0 N–H and O–H groups in total. The number of fused-ring (bicyclic) bond motifs is 1. The first kappa shape index (κ1) is 7.28. The molecule has 61 valence electrons. The van der Waals surface area contributed by atoms with Crippen molar-refractivity contribution in [1.29, 1.82) is 0 Å². The van der Waals surface area contributed by atoms with Gasteiger partial charge in [0.1, 0.15) is 11.6 Å². The first-order valence-electron chi connectivity index (χ1n) is 3.78. The van der Waals surface area contributed by atoms with E-state index in [1.807, 2.05) is 0 Å². The Morgan fingerprint density at radius 3 is 3.25 bits per heavy atom. The van der Waals surface area contributed by atoms with Gasteiger partial charge in [-0.05, 0) is 12.1 Å². The molecular weight excluding hydrogens is 157 g/mol. The van der Waals surface area contributed by atoms with E-state index in [0.717, 1.165) is 5.56 Å². The van der Waals surface area contributed by atoms with Crippen LogP contribution >= 0.6 is 0 Å². The first-order chi connectivity index (χ1) is 5.86. The fourth-order valence-electron chi connectivity index (χ4n) is 1.11. The van der Waals surface area contributed by atoms with E-state index in [2.05, 4.69) is 4.99 Å². The van der Waals surface area contributed by atoms with Crippen molar-refractivity contribution < 1.29 is 9.13 Å². The van der Waals surface area contributed by atoms with Crippen molar-refractivity contribution in [3.8, 4) is 5.75 Å². The third-order valence-corrected chi connectivity index (χ3v) is 1.68. The second-order valence-electron chi connectivity index (χ2n) is 2.57. The van der Waals surface area contributed by atoms with Crippen LogP contribution in [0.4, 0.5) is 4.39 Å². The van der Waals surface area contributed by atoms with E-state index < -0.39 is 0 Å². The summed E-state index contributed by atoms with van der Waals surface area (Å²) in [6.07, 6.45) is 1.71. The number of nitrogens with zero attached hydrogens (tertiary/aromatic N) is 1. The molecule has 1 aromatic carbocycles. The SMILES string of the molecule is Fc1ccc2c(c1)OCC[N+]=C2. The summed E-state index contributed by atoms with van der Waals surface area (Å²) in [6.45, 7) is 1.16. The Morgan fingerprint density at radius 1 is 1.42 bits per heavy atom. The highest BCUT2D eigenvalue weighted by Gasteiger charge is 2.11. The molecule has 0 fully saturated rings. The third kappa shape index (κ3) is 1.30. The molecule has 1 aliphatic rings. The highest BCUT2D eigenvalue weighted by atomic mass is 19.1. The molecule has 0 atom stereocenters. The van der Waals surface area contributed by atoms with Crippen molar-refractivity contribution in [2.24, 2.45) is 0 Å². The molecule has 1 heterocycles. The van der Waals surface area contributed by atoms with Gasteiger partial charge in [0.05, 0.1) is 5.56 Å². The van der Waals surface area contributed by atoms with Gasteiger partial charge in [0, 0.05) is 11.1 Å². The normalized spacial score (nSPS) is 14.8. The van der Waals surface area contributed by atoms with Gasteiger partial charge in [0.2, 0.25) is 12.8 Å².